The fourth-order valence-electron chi connectivity index (χ4n) is 1.18. The van der Waals surface area contributed by atoms with Crippen LogP contribution in [0.3, 0.4) is 0 Å². The molecule has 1 heterocycles. The topological polar surface area (TPSA) is 12.9 Å². The molecule has 12 heavy (non-hydrogen) atoms. The number of hydrogen-bond acceptors (Lipinski definition) is 1. The Labute approximate surface area is 76.0 Å². The molecule has 0 aliphatic carbocycles. The minimum atomic E-state index is 0.523. The van der Waals surface area contributed by atoms with Crippen molar-refractivity contribution < 1.29 is 0 Å². The number of nitrogens with zero attached hydrogens (tertiary/aromatic N) is 1. The summed E-state index contributed by atoms with van der Waals surface area (Å²) < 4.78 is 0. The molecule has 1 nitrogen and oxygen atoms in total. The highest BCUT2D eigenvalue weighted by molar-refractivity contribution is 6.35. The van der Waals surface area contributed by atoms with Crippen molar-refractivity contribution in [1.82, 2.24) is 4.98 Å². The first kappa shape index (κ1) is 7.56. The van der Waals surface area contributed by atoms with E-state index in [1.807, 2.05) is 24.3 Å². The lowest BCUT2D eigenvalue weighted by molar-refractivity contribution is 1.30. The van der Waals surface area contributed by atoms with E-state index in [-0.39, 0.29) is 0 Å². The van der Waals surface area contributed by atoms with Gasteiger partial charge in [0.05, 0.1) is 10.7 Å². The zero-order chi connectivity index (χ0) is 8.55. The molecule has 0 fully saturated rings. The van der Waals surface area contributed by atoms with E-state index in [0.717, 1.165) is 10.8 Å². The van der Waals surface area contributed by atoms with Gasteiger partial charge in [0.25, 0.3) is 0 Å². The van der Waals surface area contributed by atoms with Gasteiger partial charge < -0.3 is 0 Å². The van der Waals surface area contributed by atoms with Gasteiger partial charge in [0.15, 0.2) is 0 Å². The van der Waals surface area contributed by atoms with Crippen LogP contribution >= 0.6 is 11.6 Å². The SMILES string of the molecule is [CH]c1ncc(Cl)c2ccccc12. The van der Waals surface area contributed by atoms with Crippen LogP contribution in [-0.4, -0.2) is 4.98 Å². The molecule has 0 atom stereocenters. The summed E-state index contributed by atoms with van der Waals surface area (Å²) in [5.74, 6) is 0. The molecular weight excluding hydrogens is 170 g/mol. The summed E-state index contributed by atoms with van der Waals surface area (Å²) >= 11 is 5.91. The maximum absolute atomic E-state index is 5.91. The number of pyridine rings is 1. The minimum absolute atomic E-state index is 0.523. The molecule has 0 saturated heterocycles. The first-order chi connectivity index (χ1) is 5.79. The third-order valence-corrected chi connectivity index (χ3v) is 2.08. The van der Waals surface area contributed by atoms with E-state index in [9.17, 15) is 0 Å². The van der Waals surface area contributed by atoms with Gasteiger partial charge in [-0.3, -0.25) is 4.98 Å². The zero-order valence-corrected chi connectivity index (χ0v) is 7.05. The molecule has 0 N–H and O–H groups in total. The Morgan fingerprint density at radius 3 is 2.50 bits per heavy atom. The Morgan fingerprint density at radius 1 is 1.17 bits per heavy atom. The normalized spacial score (nSPS) is 10.5. The Hall–Kier alpha value is -1.08. The van der Waals surface area contributed by atoms with Crippen molar-refractivity contribution in [2.24, 2.45) is 0 Å². The van der Waals surface area contributed by atoms with Crippen molar-refractivity contribution in [3.8, 4) is 0 Å². The van der Waals surface area contributed by atoms with Gasteiger partial charge in [-0.1, -0.05) is 35.9 Å². The third kappa shape index (κ3) is 1.07. The molecule has 2 radical (unpaired) electrons. The van der Waals surface area contributed by atoms with Gasteiger partial charge in [-0.05, 0) is 0 Å². The number of benzene rings is 1. The number of fused-ring (bicyclic) bond motifs is 1. The Kier molecular flexibility index (Phi) is 1.74. The molecule has 0 unspecified atom stereocenters. The Bertz CT molecular complexity index is 383. The Balaban J connectivity index is 2.95. The van der Waals surface area contributed by atoms with E-state index in [0.29, 0.717) is 10.7 Å². The average molecular weight is 176 g/mol. The fourth-order valence-corrected chi connectivity index (χ4v) is 1.39. The summed E-state index contributed by atoms with van der Waals surface area (Å²) in [7, 11) is 0. The molecular formula is C10H6ClN. The maximum atomic E-state index is 5.91. The predicted molar refractivity (Wildman–Crippen MR) is 50.2 cm³/mol. The van der Waals surface area contributed by atoms with E-state index in [1.165, 1.54) is 0 Å². The second-order valence-electron chi connectivity index (χ2n) is 2.54. The van der Waals surface area contributed by atoms with E-state index in [2.05, 4.69) is 4.98 Å². The van der Waals surface area contributed by atoms with Crippen LogP contribution in [0.5, 0.6) is 0 Å². The quantitative estimate of drug-likeness (QED) is 0.600. The van der Waals surface area contributed by atoms with Crippen molar-refractivity contribution in [2.75, 3.05) is 0 Å². The molecule has 0 bridgehead atoms. The van der Waals surface area contributed by atoms with Crippen LogP contribution in [0.2, 0.25) is 5.02 Å². The lowest BCUT2D eigenvalue weighted by atomic mass is 10.1. The van der Waals surface area contributed by atoms with Crippen molar-refractivity contribution in [2.45, 2.75) is 0 Å². The summed E-state index contributed by atoms with van der Waals surface area (Å²) in [6, 6.07) is 7.67. The van der Waals surface area contributed by atoms with E-state index >= 15 is 0 Å². The highest BCUT2D eigenvalue weighted by Gasteiger charge is 2.00. The van der Waals surface area contributed by atoms with Crippen LogP contribution in [0.25, 0.3) is 10.8 Å². The standard InChI is InChI=1S/C10H6ClN/c1-7-8-4-2-3-5-9(8)10(11)6-12-7/h1-6H. The number of hydrogen-bond donors (Lipinski definition) is 0. The van der Waals surface area contributed by atoms with Gasteiger partial charge in [0, 0.05) is 23.9 Å². The number of halogens is 1. The molecule has 1 aromatic carbocycles. The van der Waals surface area contributed by atoms with Crippen molar-refractivity contribution in [3.05, 3.63) is 48.1 Å². The van der Waals surface area contributed by atoms with Crippen LogP contribution in [0, 0.1) is 6.92 Å². The molecule has 0 aliphatic heterocycles. The minimum Gasteiger partial charge on any atom is -0.259 e. The first-order valence-electron chi connectivity index (χ1n) is 3.58. The molecule has 1 aromatic heterocycles. The van der Waals surface area contributed by atoms with Gasteiger partial charge in [0.1, 0.15) is 0 Å². The van der Waals surface area contributed by atoms with Crippen LogP contribution in [0.1, 0.15) is 5.69 Å². The predicted octanol–water partition coefficient (Wildman–Crippen LogP) is 2.95. The van der Waals surface area contributed by atoms with Gasteiger partial charge in [-0.25, -0.2) is 0 Å². The molecule has 0 spiro atoms. The zero-order valence-electron chi connectivity index (χ0n) is 6.29. The highest BCUT2D eigenvalue weighted by atomic mass is 35.5. The fraction of sp³-hybridized carbons (Fsp3) is 0. The maximum Gasteiger partial charge on any atom is 0.0667 e. The summed E-state index contributed by atoms with van der Waals surface area (Å²) in [6.45, 7) is 5.66. The van der Waals surface area contributed by atoms with Crippen molar-refractivity contribution >= 4 is 22.4 Å². The van der Waals surface area contributed by atoms with Crippen molar-refractivity contribution in [3.63, 3.8) is 0 Å². The molecule has 0 amide bonds. The largest absolute Gasteiger partial charge is 0.259 e. The third-order valence-electron chi connectivity index (χ3n) is 1.78. The monoisotopic (exact) mass is 175 g/mol. The molecule has 0 saturated carbocycles. The molecule has 58 valence electrons. The van der Waals surface area contributed by atoms with E-state index < -0.39 is 0 Å². The summed E-state index contributed by atoms with van der Waals surface area (Å²) in [6.07, 6.45) is 1.57. The highest BCUT2D eigenvalue weighted by Crippen LogP contribution is 2.23. The average Bonchev–Trinajstić information content (AvgIpc) is 2.12. The van der Waals surface area contributed by atoms with Gasteiger partial charge >= 0.3 is 0 Å². The second kappa shape index (κ2) is 2.76. The van der Waals surface area contributed by atoms with Crippen LogP contribution in [0.4, 0.5) is 0 Å². The summed E-state index contributed by atoms with van der Waals surface area (Å²) in [5, 5.41) is 2.50. The second-order valence-corrected chi connectivity index (χ2v) is 2.94. The van der Waals surface area contributed by atoms with Crippen LogP contribution < -0.4 is 0 Å². The summed E-state index contributed by atoms with van der Waals surface area (Å²) in [4.78, 5) is 3.95. The molecule has 2 heteroatoms. The van der Waals surface area contributed by atoms with Gasteiger partial charge in [0.2, 0.25) is 0 Å². The summed E-state index contributed by atoms with van der Waals surface area (Å²) in [5.41, 5.74) is 0.523. The number of aromatic nitrogens is 1. The number of rotatable bonds is 0. The molecule has 2 aromatic rings. The van der Waals surface area contributed by atoms with Gasteiger partial charge in [-0.2, -0.15) is 0 Å². The molecule has 2 rings (SSSR count). The van der Waals surface area contributed by atoms with Crippen molar-refractivity contribution in [1.29, 1.82) is 0 Å². The van der Waals surface area contributed by atoms with E-state index in [4.69, 9.17) is 18.5 Å². The van der Waals surface area contributed by atoms with Crippen LogP contribution in [0.15, 0.2) is 30.5 Å². The first-order valence-corrected chi connectivity index (χ1v) is 3.95. The lowest BCUT2D eigenvalue weighted by Crippen LogP contribution is -1.83. The smallest absolute Gasteiger partial charge is 0.0667 e. The lowest BCUT2D eigenvalue weighted by Gasteiger charge is -2.01. The van der Waals surface area contributed by atoms with Crippen LogP contribution in [-0.2, 0) is 0 Å². The Morgan fingerprint density at radius 2 is 1.83 bits per heavy atom. The van der Waals surface area contributed by atoms with E-state index in [1.54, 1.807) is 6.20 Å². The molecule has 0 aliphatic rings. The van der Waals surface area contributed by atoms with Gasteiger partial charge in [-0.15, -0.1) is 0 Å².